The Kier molecular flexibility index (Phi) is 4.34. The molecule has 96 valence electrons. The molecular formula is C11H11Br2N3O2. The second kappa shape index (κ2) is 5.79. The van der Waals surface area contributed by atoms with Crippen LogP contribution in [0.1, 0.15) is 25.1 Å². The van der Waals surface area contributed by atoms with E-state index in [1.165, 1.54) is 4.57 Å². The highest BCUT2D eigenvalue weighted by molar-refractivity contribution is 9.11. The lowest BCUT2D eigenvalue weighted by Crippen LogP contribution is -2.20. The molecule has 0 saturated heterocycles. The van der Waals surface area contributed by atoms with Crippen molar-refractivity contribution in [1.82, 2.24) is 14.7 Å². The second-order valence-electron chi connectivity index (χ2n) is 3.79. The molecule has 0 aromatic carbocycles. The average molecular weight is 377 g/mol. The molecule has 0 aliphatic carbocycles. The van der Waals surface area contributed by atoms with Crippen molar-refractivity contribution in [3.8, 4) is 0 Å². The Morgan fingerprint density at radius 1 is 1.44 bits per heavy atom. The fourth-order valence-electron chi connectivity index (χ4n) is 1.51. The van der Waals surface area contributed by atoms with Crippen LogP contribution in [0.25, 0.3) is 0 Å². The van der Waals surface area contributed by atoms with Gasteiger partial charge in [-0.05, 0) is 44.3 Å². The third-order valence-electron chi connectivity index (χ3n) is 2.30. The first-order valence-electron chi connectivity index (χ1n) is 5.47. The predicted molar refractivity (Wildman–Crippen MR) is 73.5 cm³/mol. The van der Waals surface area contributed by atoms with Crippen LogP contribution >= 0.6 is 31.9 Å². The van der Waals surface area contributed by atoms with Crippen molar-refractivity contribution in [3.63, 3.8) is 0 Å². The molecule has 0 saturated carbocycles. The molecule has 0 atom stereocenters. The molecule has 2 aromatic rings. The van der Waals surface area contributed by atoms with Gasteiger partial charge in [0.15, 0.2) is 5.82 Å². The summed E-state index contributed by atoms with van der Waals surface area (Å²) in [6.07, 6.45) is 3.43. The van der Waals surface area contributed by atoms with E-state index in [1.54, 1.807) is 12.3 Å². The average Bonchev–Trinajstić information content (AvgIpc) is 2.73. The summed E-state index contributed by atoms with van der Waals surface area (Å²) in [5, 5.41) is 3.85. The van der Waals surface area contributed by atoms with Crippen molar-refractivity contribution in [1.29, 1.82) is 0 Å². The molecule has 0 aliphatic rings. The fraction of sp³-hybridized carbons (Fsp3) is 0.364. The molecule has 2 aromatic heterocycles. The van der Waals surface area contributed by atoms with Crippen LogP contribution in [-0.2, 0) is 13.0 Å². The number of hydrogen-bond acceptors (Lipinski definition) is 4. The smallest absolute Gasteiger partial charge is 0.265 e. The minimum atomic E-state index is -0.131. The van der Waals surface area contributed by atoms with Crippen LogP contribution in [-0.4, -0.2) is 14.7 Å². The van der Waals surface area contributed by atoms with Crippen LogP contribution in [0.3, 0.4) is 0 Å². The molecule has 5 nitrogen and oxygen atoms in total. The SMILES string of the molecule is CCCc1noc(Cn2cc(Br)cc(Br)c2=O)n1. The zero-order valence-corrected chi connectivity index (χ0v) is 12.9. The van der Waals surface area contributed by atoms with E-state index in [0.29, 0.717) is 16.2 Å². The van der Waals surface area contributed by atoms with Crippen molar-refractivity contribution in [2.75, 3.05) is 0 Å². The summed E-state index contributed by atoms with van der Waals surface area (Å²) in [6, 6.07) is 1.70. The monoisotopic (exact) mass is 375 g/mol. The Hall–Kier alpha value is -0.950. The van der Waals surface area contributed by atoms with Gasteiger partial charge in [0.2, 0.25) is 5.89 Å². The summed E-state index contributed by atoms with van der Waals surface area (Å²) in [5.74, 6) is 1.11. The lowest BCUT2D eigenvalue weighted by molar-refractivity contribution is 0.364. The number of aromatic nitrogens is 3. The number of halogens is 2. The van der Waals surface area contributed by atoms with Gasteiger partial charge in [0.05, 0.1) is 4.47 Å². The summed E-state index contributed by atoms with van der Waals surface area (Å²) in [6.45, 7) is 2.32. The molecule has 0 bridgehead atoms. The van der Waals surface area contributed by atoms with Crippen molar-refractivity contribution < 1.29 is 4.52 Å². The van der Waals surface area contributed by atoms with E-state index in [0.717, 1.165) is 17.3 Å². The Balaban J connectivity index is 2.25. The van der Waals surface area contributed by atoms with Crippen LogP contribution in [0.5, 0.6) is 0 Å². The van der Waals surface area contributed by atoms with Crippen LogP contribution in [0, 0.1) is 0 Å². The maximum Gasteiger partial charge on any atom is 0.265 e. The maximum atomic E-state index is 11.9. The van der Waals surface area contributed by atoms with Crippen molar-refractivity contribution >= 4 is 31.9 Å². The van der Waals surface area contributed by atoms with E-state index in [4.69, 9.17) is 4.52 Å². The first-order valence-corrected chi connectivity index (χ1v) is 7.05. The Labute approximate surface area is 120 Å². The predicted octanol–water partition coefficient (Wildman–Crippen LogP) is 2.76. The summed E-state index contributed by atoms with van der Waals surface area (Å²) < 4.78 is 7.91. The molecule has 0 fully saturated rings. The Morgan fingerprint density at radius 2 is 2.22 bits per heavy atom. The van der Waals surface area contributed by atoms with Gasteiger partial charge in [0.25, 0.3) is 5.56 Å². The van der Waals surface area contributed by atoms with Gasteiger partial charge in [-0.3, -0.25) is 4.79 Å². The summed E-state index contributed by atoms with van der Waals surface area (Å²) in [7, 11) is 0. The third kappa shape index (κ3) is 3.08. The molecule has 18 heavy (non-hydrogen) atoms. The van der Waals surface area contributed by atoms with Gasteiger partial charge in [0.1, 0.15) is 6.54 Å². The van der Waals surface area contributed by atoms with Crippen LogP contribution < -0.4 is 5.56 Å². The minimum Gasteiger partial charge on any atom is -0.337 e. The second-order valence-corrected chi connectivity index (χ2v) is 5.56. The number of aryl methyl sites for hydroxylation is 1. The third-order valence-corrected chi connectivity index (χ3v) is 3.30. The van der Waals surface area contributed by atoms with Gasteiger partial charge in [-0.15, -0.1) is 0 Å². The van der Waals surface area contributed by atoms with Gasteiger partial charge < -0.3 is 9.09 Å². The van der Waals surface area contributed by atoms with Gasteiger partial charge in [-0.2, -0.15) is 4.98 Å². The minimum absolute atomic E-state index is 0.131. The van der Waals surface area contributed by atoms with Gasteiger partial charge in [-0.1, -0.05) is 12.1 Å². The van der Waals surface area contributed by atoms with Crippen LogP contribution in [0.15, 0.2) is 30.5 Å². The lowest BCUT2D eigenvalue weighted by atomic mass is 10.3. The van der Waals surface area contributed by atoms with Crippen LogP contribution in [0.2, 0.25) is 0 Å². The summed E-state index contributed by atoms with van der Waals surface area (Å²) in [4.78, 5) is 16.1. The number of pyridine rings is 1. The topological polar surface area (TPSA) is 60.9 Å². The highest BCUT2D eigenvalue weighted by Gasteiger charge is 2.09. The largest absolute Gasteiger partial charge is 0.337 e. The molecule has 2 rings (SSSR count). The van der Waals surface area contributed by atoms with E-state index in [-0.39, 0.29) is 12.1 Å². The quantitative estimate of drug-likeness (QED) is 0.823. The van der Waals surface area contributed by atoms with E-state index in [1.807, 2.05) is 6.92 Å². The molecule has 0 aliphatic heterocycles. The zero-order valence-electron chi connectivity index (χ0n) is 9.69. The maximum absolute atomic E-state index is 11.9. The number of nitrogens with zero attached hydrogens (tertiary/aromatic N) is 3. The van der Waals surface area contributed by atoms with E-state index < -0.39 is 0 Å². The molecule has 2 heterocycles. The highest BCUT2D eigenvalue weighted by atomic mass is 79.9. The number of hydrogen-bond donors (Lipinski definition) is 0. The Morgan fingerprint density at radius 3 is 2.94 bits per heavy atom. The van der Waals surface area contributed by atoms with Gasteiger partial charge in [0, 0.05) is 17.1 Å². The number of rotatable bonds is 4. The van der Waals surface area contributed by atoms with Crippen molar-refractivity contribution in [2.24, 2.45) is 0 Å². The normalized spacial score (nSPS) is 10.8. The van der Waals surface area contributed by atoms with Crippen molar-refractivity contribution in [3.05, 3.63) is 43.3 Å². The molecular weight excluding hydrogens is 366 g/mol. The van der Waals surface area contributed by atoms with Gasteiger partial charge >= 0.3 is 0 Å². The van der Waals surface area contributed by atoms with E-state index in [2.05, 4.69) is 42.0 Å². The molecule has 0 radical (unpaired) electrons. The van der Waals surface area contributed by atoms with Gasteiger partial charge in [-0.25, -0.2) is 0 Å². The first kappa shape index (κ1) is 13.5. The first-order chi connectivity index (χ1) is 8.60. The molecule has 0 N–H and O–H groups in total. The summed E-state index contributed by atoms with van der Waals surface area (Å²) in [5.41, 5.74) is -0.131. The molecule has 0 amide bonds. The highest BCUT2D eigenvalue weighted by Crippen LogP contribution is 2.13. The zero-order chi connectivity index (χ0) is 13.1. The fourth-order valence-corrected chi connectivity index (χ4v) is 2.77. The van der Waals surface area contributed by atoms with E-state index in [9.17, 15) is 4.79 Å². The Bertz CT molecular complexity index is 607. The molecule has 0 unspecified atom stereocenters. The summed E-state index contributed by atoms with van der Waals surface area (Å²) >= 11 is 6.54. The van der Waals surface area contributed by atoms with E-state index >= 15 is 0 Å². The van der Waals surface area contributed by atoms with Crippen LogP contribution in [0.4, 0.5) is 0 Å². The molecule has 7 heteroatoms. The lowest BCUT2D eigenvalue weighted by Gasteiger charge is -2.03. The molecule has 0 spiro atoms. The van der Waals surface area contributed by atoms with Crippen molar-refractivity contribution in [2.45, 2.75) is 26.3 Å². The standard InChI is InChI=1S/C11H11Br2N3O2/c1-2-3-9-14-10(18-15-9)6-16-5-7(12)4-8(13)11(16)17/h4-5H,2-3,6H2,1H3.